The minimum Gasteiger partial charge on any atom is -0.368 e. The summed E-state index contributed by atoms with van der Waals surface area (Å²) in [5.74, 6) is -7.17. The summed E-state index contributed by atoms with van der Waals surface area (Å²) in [6, 6.07) is 9.35. The van der Waals surface area contributed by atoms with Crippen molar-refractivity contribution in [2.45, 2.75) is 89.0 Å². The van der Waals surface area contributed by atoms with Gasteiger partial charge in [0, 0.05) is 63.3 Å². The van der Waals surface area contributed by atoms with Crippen LogP contribution in [0.4, 0.5) is 0 Å². The second-order valence-electron chi connectivity index (χ2n) is 15.0. The molecule has 63 heavy (non-hydrogen) atoms. The zero-order valence-electron chi connectivity index (χ0n) is 35.1. The molecule has 0 bridgehead atoms. The van der Waals surface area contributed by atoms with Crippen molar-refractivity contribution in [2.24, 2.45) is 5.73 Å². The molecule has 0 spiro atoms. The summed E-state index contributed by atoms with van der Waals surface area (Å²) >= 11 is 0. The molecular weight excluding hydrogens is 819 g/mol. The molecule has 0 saturated carbocycles. The van der Waals surface area contributed by atoms with Gasteiger partial charge in [-0.15, -0.1) is 0 Å². The molecule has 1 saturated heterocycles. The van der Waals surface area contributed by atoms with Gasteiger partial charge in [0.1, 0.15) is 30.2 Å². The van der Waals surface area contributed by atoms with Crippen LogP contribution >= 0.6 is 0 Å². The molecule has 3 aromatic rings. The van der Waals surface area contributed by atoms with E-state index in [9.17, 15) is 47.9 Å². The Morgan fingerprint density at radius 3 is 2.08 bits per heavy atom. The van der Waals surface area contributed by atoms with Gasteiger partial charge in [0.2, 0.25) is 59.1 Å². The Bertz CT molecular complexity index is 2140. The van der Waals surface area contributed by atoms with E-state index in [0.29, 0.717) is 11.1 Å². The number of amides is 10. The van der Waals surface area contributed by atoms with E-state index in [1.807, 2.05) is 24.3 Å². The van der Waals surface area contributed by atoms with Crippen LogP contribution in [0, 0.1) is 0 Å². The van der Waals surface area contributed by atoms with E-state index < -0.39 is 102 Å². The number of H-pyrrole nitrogens is 1. The third kappa shape index (κ3) is 16.2. The van der Waals surface area contributed by atoms with Gasteiger partial charge in [-0.05, 0) is 42.9 Å². The normalized spacial score (nSPS) is 21.3. The third-order valence-corrected chi connectivity index (χ3v) is 9.99. The van der Waals surface area contributed by atoms with Gasteiger partial charge < -0.3 is 58.6 Å². The van der Waals surface area contributed by atoms with E-state index in [1.165, 1.54) is 13.8 Å². The number of primary amides is 1. The fraction of sp³-hybridized carbons (Fsp3) is 0.429. The molecule has 0 aliphatic carbocycles. The van der Waals surface area contributed by atoms with Crippen LogP contribution in [0.25, 0.3) is 10.9 Å². The van der Waals surface area contributed by atoms with Crippen molar-refractivity contribution in [3.05, 3.63) is 71.9 Å². The minimum absolute atomic E-state index is 0.000888. The molecule has 12 N–H and O–H groups in total. The number of nitrogens with one attached hydrogen (secondary N) is 10. The second kappa shape index (κ2) is 24.2. The average Bonchev–Trinajstić information content (AvgIpc) is 3.65. The lowest BCUT2D eigenvalue weighted by Gasteiger charge is -2.26. The number of hydrogen-bond donors (Lipinski definition) is 11. The van der Waals surface area contributed by atoms with Crippen molar-refractivity contribution in [1.29, 1.82) is 0 Å². The Morgan fingerprint density at radius 1 is 0.698 bits per heavy atom. The van der Waals surface area contributed by atoms with Crippen molar-refractivity contribution in [3.63, 3.8) is 0 Å². The number of rotatable bonds is 11. The lowest BCUT2D eigenvalue weighted by molar-refractivity contribution is -0.134. The van der Waals surface area contributed by atoms with E-state index in [2.05, 4.69) is 52.8 Å². The van der Waals surface area contributed by atoms with Crippen LogP contribution < -0.4 is 53.6 Å². The third-order valence-electron chi connectivity index (χ3n) is 9.99. The number of carbonyl (C=O) groups is 10. The number of para-hydroxylation sites is 1. The number of carbonyl (C=O) groups excluding carboxylic acids is 10. The van der Waals surface area contributed by atoms with Gasteiger partial charge >= 0.3 is 0 Å². The van der Waals surface area contributed by atoms with Gasteiger partial charge in [0.05, 0.1) is 13.1 Å². The van der Waals surface area contributed by atoms with Crippen molar-refractivity contribution < 1.29 is 47.9 Å². The number of aromatic nitrogens is 1. The maximum atomic E-state index is 14.0. The molecule has 1 aliphatic rings. The fourth-order valence-corrected chi connectivity index (χ4v) is 6.71. The van der Waals surface area contributed by atoms with Crippen LogP contribution in [0.2, 0.25) is 0 Å². The fourth-order valence-electron chi connectivity index (χ4n) is 6.71. The summed E-state index contributed by atoms with van der Waals surface area (Å²) in [7, 11) is 0. The van der Waals surface area contributed by atoms with Gasteiger partial charge in [-0.3, -0.25) is 47.9 Å². The number of fused-ring (bicyclic) bond motifs is 1. The first-order valence-corrected chi connectivity index (χ1v) is 20.5. The number of hydrogen-bond acceptors (Lipinski definition) is 10. The number of benzene rings is 2. The summed E-state index contributed by atoms with van der Waals surface area (Å²) in [6.45, 7) is 1.25. The van der Waals surface area contributed by atoms with Gasteiger partial charge in [-0.1, -0.05) is 48.5 Å². The maximum absolute atomic E-state index is 14.0. The first kappa shape index (κ1) is 48.3. The molecule has 4 rings (SSSR count). The molecule has 5 atom stereocenters. The summed E-state index contributed by atoms with van der Waals surface area (Å²) < 4.78 is 0. The molecule has 2 heterocycles. The van der Waals surface area contributed by atoms with Crippen molar-refractivity contribution in [1.82, 2.24) is 52.8 Å². The molecule has 21 nitrogen and oxygen atoms in total. The van der Waals surface area contributed by atoms with Crippen molar-refractivity contribution >= 4 is 70.0 Å². The van der Waals surface area contributed by atoms with E-state index >= 15 is 0 Å². The van der Waals surface area contributed by atoms with Crippen LogP contribution in [-0.2, 0) is 60.8 Å². The largest absolute Gasteiger partial charge is 0.368 e. The van der Waals surface area contributed by atoms with Gasteiger partial charge in [0.25, 0.3) is 0 Å². The number of aromatic amines is 1. The molecule has 1 aromatic heterocycles. The van der Waals surface area contributed by atoms with E-state index in [1.54, 1.807) is 36.5 Å². The molecule has 10 amide bonds. The van der Waals surface area contributed by atoms with Crippen LogP contribution in [0.1, 0.15) is 57.1 Å². The highest BCUT2D eigenvalue weighted by Gasteiger charge is 2.32. The second-order valence-corrected chi connectivity index (χ2v) is 15.0. The molecule has 2 aromatic carbocycles. The van der Waals surface area contributed by atoms with Crippen LogP contribution in [0.15, 0.2) is 60.8 Å². The van der Waals surface area contributed by atoms with Gasteiger partial charge in [-0.25, -0.2) is 0 Å². The van der Waals surface area contributed by atoms with Crippen molar-refractivity contribution in [3.8, 4) is 0 Å². The minimum atomic E-state index is -1.40. The Labute approximate surface area is 362 Å². The molecule has 21 heteroatoms. The molecule has 1 aliphatic heterocycles. The van der Waals surface area contributed by atoms with Crippen molar-refractivity contribution in [2.75, 3.05) is 26.2 Å². The highest BCUT2D eigenvalue weighted by molar-refractivity contribution is 5.97. The predicted octanol–water partition coefficient (Wildman–Crippen LogP) is -2.67. The molecule has 338 valence electrons. The Kier molecular flexibility index (Phi) is 18.6. The summed E-state index contributed by atoms with van der Waals surface area (Å²) in [6.07, 6.45) is 1.03. The highest BCUT2D eigenvalue weighted by atomic mass is 16.2. The SMILES string of the molecule is CC(=O)NCC[C@@H]1NC(=O)C(NC(=O)CNC(C)=O)CCC(=O)NCCCC(C(N)=O)NC(=O)[C@H](Cc2c[nH]c3ccccc23)NC(=O)CNC(=O)C(Cc2ccccc2)NC1=O. The molecule has 3 unspecified atom stereocenters. The lowest BCUT2D eigenvalue weighted by Crippen LogP contribution is -2.58. The number of nitrogens with two attached hydrogens (primary N) is 1. The lowest BCUT2D eigenvalue weighted by atomic mass is 10.0. The zero-order chi connectivity index (χ0) is 45.9. The van der Waals surface area contributed by atoms with Crippen LogP contribution in [-0.4, -0.2) is 120 Å². The summed E-state index contributed by atoms with van der Waals surface area (Å²) in [5.41, 5.74) is 7.73. The first-order chi connectivity index (χ1) is 30.1. The predicted molar refractivity (Wildman–Crippen MR) is 227 cm³/mol. The van der Waals surface area contributed by atoms with E-state index in [4.69, 9.17) is 5.73 Å². The molecular formula is C42H55N11O10. The van der Waals surface area contributed by atoms with Gasteiger partial charge in [-0.2, -0.15) is 0 Å². The zero-order valence-corrected chi connectivity index (χ0v) is 35.1. The van der Waals surface area contributed by atoms with E-state index in [-0.39, 0.29) is 58.0 Å². The summed E-state index contributed by atoms with van der Waals surface area (Å²) in [5, 5.41) is 23.7. The van der Waals surface area contributed by atoms with Crippen LogP contribution in [0.5, 0.6) is 0 Å². The maximum Gasteiger partial charge on any atom is 0.243 e. The van der Waals surface area contributed by atoms with Gasteiger partial charge in [0.15, 0.2) is 0 Å². The van der Waals surface area contributed by atoms with E-state index in [0.717, 1.165) is 10.9 Å². The Morgan fingerprint density at radius 2 is 1.37 bits per heavy atom. The van der Waals surface area contributed by atoms with Crippen LogP contribution in [0.3, 0.4) is 0 Å². The highest BCUT2D eigenvalue weighted by Crippen LogP contribution is 2.19. The quantitative estimate of drug-likeness (QED) is 0.0950. The standard InChI is InChI=1S/C42H55N11O10/c1-24(54)44-18-16-32-41(62)53-33(19-26-9-4-3-5-10-26)39(60)48-23-37(58)50-34(20-27-21-47-29-12-7-6-11-28(27)29)42(63)51-30(38(43)59)13-8-17-45-35(56)15-14-31(40(61)52-32)49-36(57)22-46-25(2)55/h3-7,9-12,21,30-34,47H,8,13-20,22-23H2,1-2H3,(H2,43,59)(H,44,54)(H,45,56)(H,46,55)(H,48,60)(H,49,57)(H,50,58)(H,51,63)(H,52,61)(H,53,62)/t30?,31?,32-,33?,34-/m0/s1. The Balaban J connectivity index is 1.66. The monoisotopic (exact) mass is 873 g/mol. The first-order valence-electron chi connectivity index (χ1n) is 20.5. The molecule has 0 radical (unpaired) electrons. The topological polar surface area (TPSA) is 321 Å². The Hall–Kier alpha value is -7.32. The smallest absolute Gasteiger partial charge is 0.243 e. The average molecular weight is 874 g/mol. The summed E-state index contributed by atoms with van der Waals surface area (Å²) in [4.78, 5) is 134. The molecule has 1 fully saturated rings.